The van der Waals surface area contributed by atoms with E-state index in [0.717, 1.165) is 0 Å². The van der Waals surface area contributed by atoms with Crippen LogP contribution in [-0.2, 0) is 28.6 Å². The lowest BCUT2D eigenvalue weighted by Crippen LogP contribution is -2.43. The second-order valence-corrected chi connectivity index (χ2v) is 9.02. The minimum atomic E-state index is -0.995. The van der Waals surface area contributed by atoms with E-state index in [4.69, 9.17) is 18.9 Å². The molecule has 3 rings (SSSR count). The number of methoxy groups -OCH3 is 2. The van der Waals surface area contributed by atoms with Crippen molar-refractivity contribution in [2.45, 2.75) is 46.1 Å². The van der Waals surface area contributed by atoms with Gasteiger partial charge in [-0.25, -0.2) is 4.79 Å². The first kappa shape index (κ1) is 26.3. The highest BCUT2D eigenvalue weighted by atomic mass is 16.6. The predicted molar refractivity (Wildman–Crippen MR) is 127 cm³/mol. The molecule has 1 heterocycles. The number of phenolic OH excluding ortho intramolecular Hbond substituents is 1. The quantitative estimate of drug-likeness (QED) is 0.324. The van der Waals surface area contributed by atoms with Crippen LogP contribution in [0.1, 0.15) is 45.6 Å². The Morgan fingerprint density at radius 3 is 2.51 bits per heavy atom. The van der Waals surface area contributed by atoms with E-state index in [1.165, 1.54) is 20.3 Å². The summed E-state index contributed by atoms with van der Waals surface area (Å²) in [4.78, 5) is 39.5. The van der Waals surface area contributed by atoms with E-state index < -0.39 is 29.6 Å². The van der Waals surface area contributed by atoms with Crippen LogP contribution < -0.4 is 10.1 Å². The molecule has 190 valence electrons. The standard InChI is InChI=1S/C26H33NO8/c1-13(2)34-9-10-35-26(31)21-15(4)27-17-11-14(3)20(25(30)33-6)24(29)23(17)22(21)16-7-8-19(32-5)18(28)12-16/h7-8,12-14,20,22,27-28H,9-11H2,1-6H3/t14-,20+,22-/m0/s1. The number of allylic oxidation sites excluding steroid dienone is 3. The molecule has 9 nitrogen and oxygen atoms in total. The Morgan fingerprint density at radius 2 is 1.91 bits per heavy atom. The summed E-state index contributed by atoms with van der Waals surface area (Å²) >= 11 is 0. The lowest BCUT2D eigenvalue weighted by Gasteiger charge is -2.38. The molecule has 35 heavy (non-hydrogen) atoms. The molecule has 0 spiro atoms. The zero-order valence-electron chi connectivity index (χ0n) is 21.0. The molecule has 0 radical (unpaired) electrons. The van der Waals surface area contributed by atoms with Crippen molar-refractivity contribution < 1.29 is 38.4 Å². The van der Waals surface area contributed by atoms with E-state index in [0.29, 0.717) is 29.0 Å². The summed E-state index contributed by atoms with van der Waals surface area (Å²) in [6.45, 7) is 7.59. The maximum atomic E-state index is 13.7. The van der Waals surface area contributed by atoms with Gasteiger partial charge in [-0.1, -0.05) is 13.0 Å². The Kier molecular flexibility index (Phi) is 8.22. The molecule has 3 atom stereocenters. The second-order valence-electron chi connectivity index (χ2n) is 9.02. The Labute approximate surface area is 205 Å². The summed E-state index contributed by atoms with van der Waals surface area (Å²) in [5.74, 6) is -3.67. The van der Waals surface area contributed by atoms with Gasteiger partial charge in [-0.05, 0) is 50.8 Å². The Bertz CT molecular complexity index is 1070. The normalized spacial score (nSPS) is 22.0. The summed E-state index contributed by atoms with van der Waals surface area (Å²) in [5.41, 5.74) is 2.19. The molecule has 9 heteroatoms. The largest absolute Gasteiger partial charge is 0.504 e. The molecule has 0 aromatic heterocycles. The van der Waals surface area contributed by atoms with Gasteiger partial charge in [0, 0.05) is 22.9 Å². The van der Waals surface area contributed by atoms with Gasteiger partial charge in [0.1, 0.15) is 12.5 Å². The van der Waals surface area contributed by atoms with E-state index >= 15 is 0 Å². The number of Topliss-reactive ketones (excluding diaryl/α,β-unsaturated/α-hetero) is 1. The molecular formula is C26H33NO8. The van der Waals surface area contributed by atoms with Crippen molar-refractivity contribution >= 4 is 17.7 Å². The molecule has 0 saturated carbocycles. The van der Waals surface area contributed by atoms with Gasteiger partial charge in [0.25, 0.3) is 0 Å². The molecule has 0 bridgehead atoms. The number of hydrogen-bond donors (Lipinski definition) is 2. The van der Waals surface area contributed by atoms with E-state index in [1.54, 1.807) is 19.1 Å². The van der Waals surface area contributed by atoms with Crippen LogP contribution in [-0.4, -0.2) is 56.4 Å². The van der Waals surface area contributed by atoms with E-state index in [9.17, 15) is 19.5 Å². The summed E-state index contributed by atoms with van der Waals surface area (Å²) in [6.07, 6.45) is 0.410. The van der Waals surface area contributed by atoms with Crippen molar-refractivity contribution in [3.05, 3.63) is 46.3 Å². The lowest BCUT2D eigenvalue weighted by molar-refractivity contribution is -0.151. The smallest absolute Gasteiger partial charge is 0.336 e. The van der Waals surface area contributed by atoms with Crippen molar-refractivity contribution in [2.24, 2.45) is 11.8 Å². The molecule has 0 fully saturated rings. The van der Waals surface area contributed by atoms with Crippen molar-refractivity contribution in [3.8, 4) is 11.5 Å². The number of ketones is 1. The van der Waals surface area contributed by atoms with Crippen molar-refractivity contribution in [1.29, 1.82) is 0 Å². The third-order valence-electron chi connectivity index (χ3n) is 6.27. The fourth-order valence-corrected chi connectivity index (χ4v) is 4.67. The number of esters is 2. The number of nitrogens with one attached hydrogen (secondary N) is 1. The summed E-state index contributed by atoms with van der Waals surface area (Å²) in [7, 11) is 2.68. The van der Waals surface area contributed by atoms with Crippen LogP contribution in [0.5, 0.6) is 11.5 Å². The number of phenols is 1. The molecule has 2 N–H and O–H groups in total. The highest BCUT2D eigenvalue weighted by Gasteiger charge is 2.47. The summed E-state index contributed by atoms with van der Waals surface area (Å²) < 4.78 is 21.0. The summed E-state index contributed by atoms with van der Waals surface area (Å²) in [5, 5.41) is 13.7. The fraction of sp³-hybridized carbons (Fsp3) is 0.500. The van der Waals surface area contributed by atoms with E-state index in [1.807, 2.05) is 20.8 Å². The van der Waals surface area contributed by atoms with Gasteiger partial charge in [0.2, 0.25) is 0 Å². The highest BCUT2D eigenvalue weighted by molar-refractivity contribution is 6.12. The number of benzene rings is 1. The highest BCUT2D eigenvalue weighted by Crippen LogP contribution is 2.46. The van der Waals surface area contributed by atoms with Crippen LogP contribution in [0.4, 0.5) is 0 Å². The average molecular weight is 488 g/mol. The van der Waals surface area contributed by atoms with Crippen molar-refractivity contribution in [2.75, 3.05) is 27.4 Å². The molecule has 0 amide bonds. The lowest BCUT2D eigenvalue weighted by atomic mass is 9.69. The molecule has 1 aliphatic carbocycles. The Balaban J connectivity index is 2.08. The fourth-order valence-electron chi connectivity index (χ4n) is 4.67. The topological polar surface area (TPSA) is 120 Å². The number of dihydropyridines is 1. The average Bonchev–Trinajstić information content (AvgIpc) is 2.80. The third-order valence-corrected chi connectivity index (χ3v) is 6.27. The number of aromatic hydroxyl groups is 1. The Hall–Kier alpha value is -3.33. The predicted octanol–water partition coefficient (Wildman–Crippen LogP) is 2.98. The maximum Gasteiger partial charge on any atom is 0.336 e. The molecule has 1 aliphatic heterocycles. The minimum Gasteiger partial charge on any atom is -0.504 e. The number of ether oxygens (including phenoxy) is 4. The van der Waals surface area contributed by atoms with Crippen LogP contribution in [0.25, 0.3) is 0 Å². The molecule has 1 aromatic rings. The zero-order valence-corrected chi connectivity index (χ0v) is 21.0. The SMILES string of the molecule is COC(=O)[C@H]1C(=O)C2=C(C[C@@H]1C)NC(C)=C(C(=O)OCCOC(C)C)[C@@H]2c1ccc(OC)c(O)c1. The van der Waals surface area contributed by atoms with Gasteiger partial charge in [0.05, 0.1) is 32.5 Å². The number of rotatable bonds is 8. The first-order valence-corrected chi connectivity index (χ1v) is 11.6. The van der Waals surface area contributed by atoms with Gasteiger partial charge in [0.15, 0.2) is 17.3 Å². The number of carbonyl (C=O) groups excluding carboxylic acids is 3. The second kappa shape index (κ2) is 10.9. The molecule has 1 aromatic carbocycles. The van der Waals surface area contributed by atoms with E-state index in [-0.39, 0.29) is 42.3 Å². The van der Waals surface area contributed by atoms with Crippen LogP contribution in [0, 0.1) is 11.8 Å². The molecule has 0 unspecified atom stereocenters. The first-order chi connectivity index (χ1) is 16.6. The maximum absolute atomic E-state index is 13.7. The van der Waals surface area contributed by atoms with Crippen LogP contribution in [0.3, 0.4) is 0 Å². The zero-order chi connectivity index (χ0) is 25.9. The van der Waals surface area contributed by atoms with Gasteiger partial charge in [-0.3, -0.25) is 9.59 Å². The molecule has 0 saturated heterocycles. The van der Waals surface area contributed by atoms with E-state index in [2.05, 4.69) is 5.32 Å². The minimum absolute atomic E-state index is 0.00848. The van der Waals surface area contributed by atoms with Gasteiger partial charge >= 0.3 is 11.9 Å². The number of carbonyl (C=O) groups is 3. The van der Waals surface area contributed by atoms with Crippen molar-refractivity contribution in [1.82, 2.24) is 5.32 Å². The van der Waals surface area contributed by atoms with Crippen molar-refractivity contribution in [3.63, 3.8) is 0 Å². The molecular weight excluding hydrogens is 454 g/mol. The third kappa shape index (κ3) is 5.35. The van der Waals surface area contributed by atoms with Gasteiger partial charge < -0.3 is 29.4 Å². The first-order valence-electron chi connectivity index (χ1n) is 11.6. The Morgan fingerprint density at radius 1 is 1.20 bits per heavy atom. The molecule has 2 aliphatic rings. The number of hydrogen-bond acceptors (Lipinski definition) is 9. The van der Waals surface area contributed by atoms with Gasteiger partial charge in [-0.2, -0.15) is 0 Å². The van der Waals surface area contributed by atoms with Crippen LogP contribution in [0.2, 0.25) is 0 Å². The van der Waals surface area contributed by atoms with Crippen LogP contribution >= 0.6 is 0 Å². The van der Waals surface area contributed by atoms with Gasteiger partial charge in [-0.15, -0.1) is 0 Å². The van der Waals surface area contributed by atoms with Crippen LogP contribution in [0.15, 0.2) is 40.7 Å². The summed E-state index contributed by atoms with van der Waals surface area (Å²) in [6, 6.07) is 4.70. The monoisotopic (exact) mass is 487 g/mol.